The molecule has 1 unspecified atom stereocenters. The number of piperidine rings is 1. The predicted octanol–water partition coefficient (Wildman–Crippen LogP) is 3.10. The van der Waals surface area contributed by atoms with Crippen molar-refractivity contribution in [2.45, 2.75) is 44.3 Å². The third-order valence-corrected chi connectivity index (χ3v) is 9.54. The van der Waals surface area contributed by atoms with Crippen LogP contribution in [0.2, 0.25) is 0 Å². The second-order valence-corrected chi connectivity index (χ2v) is 13.0. The maximum atomic E-state index is 13.5. The Morgan fingerprint density at radius 1 is 1.16 bits per heavy atom. The Morgan fingerprint density at radius 2 is 1.84 bits per heavy atom. The minimum Gasteiger partial charge on any atom is -0.388 e. The van der Waals surface area contributed by atoms with Gasteiger partial charge >= 0.3 is 10.2 Å². The van der Waals surface area contributed by atoms with Crippen molar-refractivity contribution < 1.29 is 22.3 Å². The average Bonchev–Trinajstić information content (AvgIpc) is 3.38. The highest BCUT2D eigenvalue weighted by atomic mass is 32.2. The summed E-state index contributed by atoms with van der Waals surface area (Å²) in [7, 11) is 1.41. The Morgan fingerprint density at radius 3 is 2.46 bits per heavy atom. The van der Waals surface area contributed by atoms with Crippen molar-refractivity contribution in [2.24, 2.45) is 5.92 Å². The number of anilines is 2. The van der Waals surface area contributed by atoms with Crippen LogP contribution in [0.1, 0.15) is 30.4 Å². The number of likely N-dealkylation sites (N-methyl/N-ethyl adjacent to an activating group) is 1. The number of hydrogen-bond acceptors (Lipinski definition) is 6. The number of nitrogens with zero attached hydrogens (tertiary/aromatic N) is 5. The van der Waals surface area contributed by atoms with Crippen molar-refractivity contribution in [3.8, 4) is 11.3 Å². The van der Waals surface area contributed by atoms with Crippen molar-refractivity contribution in [3.05, 3.63) is 41.5 Å². The molecule has 0 radical (unpaired) electrons. The highest BCUT2D eigenvalue weighted by Gasteiger charge is 2.59. The Hall–Kier alpha value is -2.34. The molecule has 37 heavy (non-hydrogen) atoms. The van der Waals surface area contributed by atoms with Gasteiger partial charge in [-0.25, -0.2) is 22.4 Å². The van der Waals surface area contributed by atoms with Gasteiger partial charge in [0.15, 0.2) is 5.82 Å². The highest BCUT2D eigenvalue weighted by Crippen LogP contribution is 2.51. The smallest absolute Gasteiger partial charge is 0.327 e. The van der Waals surface area contributed by atoms with Crippen molar-refractivity contribution in [2.75, 3.05) is 55.9 Å². The van der Waals surface area contributed by atoms with Crippen LogP contribution in [0.3, 0.4) is 0 Å². The molecule has 2 aromatic rings. The molecule has 1 N–H and O–H groups in total. The van der Waals surface area contributed by atoms with Gasteiger partial charge in [0.2, 0.25) is 0 Å². The van der Waals surface area contributed by atoms with Gasteiger partial charge in [-0.2, -0.15) is 8.42 Å². The van der Waals surface area contributed by atoms with Crippen LogP contribution in [-0.4, -0.2) is 87.2 Å². The summed E-state index contributed by atoms with van der Waals surface area (Å²) < 4.78 is 55.1. The van der Waals surface area contributed by atoms with E-state index in [0.717, 1.165) is 57.8 Å². The average molecular weight is 536 g/mol. The van der Waals surface area contributed by atoms with E-state index < -0.39 is 27.7 Å². The number of hydrogen-bond donors (Lipinski definition) is 1. The summed E-state index contributed by atoms with van der Waals surface area (Å²) in [4.78, 5) is 9.03. The number of halogens is 2. The fourth-order valence-electron chi connectivity index (χ4n) is 5.44. The highest BCUT2D eigenvalue weighted by molar-refractivity contribution is 7.94. The standard InChI is InChI=1S/C26H35F2N5O3S/c1-18-5-6-19(15-32-11-9-25(34,10-12-32)17-30(2)3)13-21(18)22-7-8-23-24(29-22)31(4)37(35,36)33(23)16-20-14-26(20,27)28/h5-8,13,20,34H,9-12,14-17H2,1-4H3. The second kappa shape index (κ2) is 9.14. The molecule has 1 saturated heterocycles. The number of aromatic nitrogens is 1. The monoisotopic (exact) mass is 535 g/mol. The fraction of sp³-hybridized carbons (Fsp3) is 0.577. The summed E-state index contributed by atoms with van der Waals surface area (Å²) in [5.74, 6) is -3.52. The number of alkyl halides is 2. The van der Waals surface area contributed by atoms with Gasteiger partial charge in [0, 0.05) is 57.7 Å². The van der Waals surface area contributed by atoms with Gasteiger partial charge in [0.1, 0.15) is 0 Å². The molecule has 1 aliphatic carbocycles. The number of likely N-dealkylation sites (tertiary alicyclic amines) is 1. The molecule has 1 aromatic carbocycles. The molecule has 2 fully saturated rings. The molecule has 8 nitrogen and oxygen atoms in total. The van der Waals surface area contributed by atoms with E-state index in [-0.39, 0.29) is 18.8 Å². The molecule has 11 heteroatoms. The molecule has 2 aliphatic heterocycles. The number of aryl methyl sites for hydroxylation is 1. The first-order chi connectivity index (χ1) is 17.3. The molecule has 3 aliphatic rings. The van der Waals surface area contributed by atoms with Crippen molar-refractivity contribution in [1.82, 2.24) is 14.8 Å². The van der Waals surface area contributed by atoms with Crippen LogP contribution in [0.5, 0.6) is 0 Å². The van der Waals surface area contributed by atoms with Crippen LogP contribution in [0.15, 0.2) is 30.3 Å². The molecule has 0 spiro atoms. The zero-order valence-electron chi connectivity index (χ0n) is 21.8. The zero-order valence-corrected chi connectivity index (χ0v) is 22.6. The van der Waals surface area contributed by atoms with Crippen LogP contribution >= 0.6 is 0 Å². The summed E-state index contributed by atoms with van der Waals surface area (Å²) in [6.07, 6.45) is 1.16. The summed E-state index contributed by atoms with van der Waals surface area (Å²) in [6.45, 7) is 4.75. The third kappa shape index (κ3) is 5.06. The molecule has 202 valence electrons. The Bertz CT molecular complexity index is 1300. The van der Waals surface area contributed by atoms with Crippen LogP contribution in [0, 0.1) is 12.8 Å². The summed E-state index contributed by atoms with van der Waals surface area (Å²) in [6, 6.07) is 9.63. The largest absolute Gasteiger partial charge is 0.388 e. The molecule has 1 saturated carbocycles. The number of fused-ring (bicyclic) bond motifs is 1. The van der Waals surface area contributed by atoms with E-state index in [9.17, 15) is 22.3 Å². The molecule has 0 amide bonds. The first kappa shape index (κ1) is 26.3. The maximum absolute atomic E-state index is 13.5. The third-order valence-electron chi connectivity index (χ3n) is 7.77. The lowest BCUT2D eigenvalue weighted by Crippen LogP contribution is -2.49. The van der Waals surface area contributed by atoms with Crippen LogP contribution in [0.25, 0.3) is 11.3 Å². The summed E-state index contributed by atoms with van der Waals surface area (Å²) in [5.41, 5.74) is 3.34. The Labute approximate surface area is 217 Å². The number of benzene rings is 1. The summed E-state index contributed by atoms with van der Waals surface area (Å²) >= 11 is 0. The van der Waals surface area contributed by atoms with Gasteiger partial charge in [-0.1, -0.05) is 12.1 Å². The van der Waals surface area contributed by atoms with E-state index in [0.29, 0.717) is 17.9 Å². The van der Waals surface area contributed by atoms with Gasteiger partial charge in [-0.15, -0.1) is 0 Å². The maximum Gasteiger partial charge on any atom is 0.327 e. The van der Waals surface area contributed by atoms with Gasteiger partial charge in [0.25, 0.3) is 5.92 Å². The number of rotatable bonds is 7. The molecular weight excluding hydrogens is 500 g/mol. The number of pyridine rings is 1. The van der Waals surface area contributed by atoms with Gasteiger partial charge < -0.3 is 10.0 Å². The van der Waals surface area contributed by atoms with Crippen molar-refractivity contribution in [1.29, 1.82) is 0 Å². The van der Waals surface area contributed by atoms with Gasteiger partial charge in [0.05, 0.1) is 17.0 Å². The van der Waals surface area contributed by atoms with Crippen molar-refractivity contribution >= 4 is 21.7 Å². The summed E-state index contributed by atoms with van der Waals surface area (Å²) in [5, 5.41) is 10.8. The van der Waals surface area contributed by atoms with E-state index >= 15 is 0 Å². The van der Waals surface area contributed by atoms with E-state index in [1.54, 1.807) is 12.1 Å². The van der Waals surface area contributed by atoms with Crippen molar-refractivity contribution in [3.63, 3.8) is 0 Å². The predicted molar refractivity (Wildman–Crippen MR) is 140 cm³/mol. The second-order valence-electron chi connectivity index (χ2n) is 11.1. The first-order valence-electron chi connectivity index (χ1n) is 12.6. The van der Waals surface area contributed by atoms with Crippen LogP contribution in [-0.2, 0) is 16.8 Å². The Balaban J connectivity index is 1.35. The fourth-order valence-corrected chi connectivity index (χ4v) is 6.84. The Kier molecular flexibility index (Phi) is 6.49. The normalized spacial score (nSPS) is 23.9. The van der Waals surface area contributed by atoms with E-state index in [2.05, 4.69) is 22.0 Å². The van der Waals surface area contributed by atoms with Crippen LogP contribution in [0.4, 0.5) is 20.3 Å². The molecular formula is C26H35F2N5O3S. The molecule has 3 heterocycles. The van der Waals surface area contributed by atoms with E-state index in [1.807, 2.05) is 32.0 Å². The lowest BCUT2D eigenvalue weighted by Gasteiger charge is -2.39. The first-order valence-corrected chi connectivity index (χ1v) is 14.0. The number of aliphatic hydroxyl groups is 1. The SMILES string of the molecule is Cc1ccc(CN2CCC(O)(CN(C)C)CC2)cc1-c1ccc2c(n1)N(C)S(=O)(=O)N2CC1CC1(F)F. The zero-order chi connectivity index (χ0) is 26.8. The van der Waals surface area contributed by atoms with Gasteiger partial charge in [-0.05, 0) is 63.2 Å². The van der Waals surface area contributed by atoms with E-state index in [1.165, 1.54) is 7.05 Å². The molecule has 0 bridgehead atoms. The molecule has 5 rings (SSSR count). The van der Waals surface area contributed by atoms with E-state index in [4.69, 9.17) is 0 Å². The topological polar surface area (TPSA) is 80.2 Å². The minimum absolute atomic E-state index is 0.248. The quantitative estimate of drug-likeness (QED) is 0.587. The molecule has 1 aromatic heterocycles. The lowest BCUT2D eigenvalue weighted by atomic mass is 9.90. The minimum atomic E-state index is -3.94. The van der Waals surface area contributed by atoms with Crippen LogP contribution < -0.4 is 8.61 Å². The lowest BCUT2D eigenvalue weighted by molar-refractivity contribution is -0.0388. The molecule has 1 atom stereocenters. The van der Waals surface area contributed by atoms with Gasteiger partial charge in [-0.3, -0.25) is 4.90 Å².